The zero-order chi connectivity index (χ0) is 14.2. The molecule has 1 amide bonds. The number of hydrogen-bond donors (Lipinski definition) is 2. The van der Waals surface area contributed by atoms with Crippen LogP contribution >= 0.6 is 11.8 Å². The van der Waals surface area contributed by atoms with Gasteiger partial charge in [0.05, 0.1) is 5.69 Å². The highest BCUT2D eigenvalue weighted by molar-refractivity contribution is 7.99. The number of hydrogen-bond acceptors (Lipinski definition) is 3. The second kappa shape index (κ2) is 7.72. The average molecular weight is 286 g/mol. The summed E-state index contributed by atoms with van der Waals surface area (Å²) in [6.07, 6.45) is 0.473. The molecule has 0 saturated carbocycles. The molecule has 0 heterocycles. The molecule has 2 rings (SSSR count). The molecule has 0 spiro atoms. The molecule has 0 aliphatic heterocycles. The van der Waals surface area contributed by atoms with E-state index in [-0.39, 0.29) is 5.91 Å². The Bertz CT molecular complexity index is 557. The van der Waals surface area contributed by atoms with Crippen molar-refractivity contribution in [3.63, 3.8) is 0 Å². The van der Waals surface area contributed by atoms with Gasteiger partial charge in [-0.3, -0.25) is 4.79 Å². The molecule has 0 aliphatic rings. The smallest absolute Gasteiger partial charge is 0.225 e. The summed E-state index contributed by atoms with van der Waals surface area (Å²) in [5.41, 5.74) is 0.863. The van der Waals surface area contributed by atoms with E-state index < -0.39 is 0 Å². The van der Waals surface area contributed by atoms with Crippen molar-refractivity contribution in [2.75, 3.05) is 18.9 Å². The SMILES string of the molecule is CNCCC(=O)Nc1ccccc1Sc1ccccc1. The number of amides is 1. The van der Waals surface area contributed by atoms with Gasteiger partial charge in [-0.25, -0.2) is 0 Å². The fraction of sp³-hybridized carbons (Fsp3) is 0.188. The lowest BCUT2D eigenvalue weighted by Gasteiger charge is -2.10. The van der Waals surface area contributed by atoms with Gasteiger partial charge in [-0.2, -0.15) is 0 Å². The Morgan fingerprint density at radius 1 is 1.05 bits per heavy atom. The number of rotatable bonds is 6. The fourth-order valence-electron chi connectivity index (χ4n) is 1.73. The summed E-state index contributed by atoms with van der Waals surface area (Å²) < 4.78 is 0. The molecule has 0 aromatic heterocycles. The number of anilines is 1. The van der Waals surface area contributed by atoms with Crippen LogP contribution in [0.25, 0.3) is 0 Å². The monoisotopic (exact) mass is 286 g/mol. The van der Waals surface area contributed by atoms with Crippen LogP contribution in [0.1, 0.15) is 6.42 Å². The maximum Gasteiger partial charge on any atom is 0.225 e. The van der Waals surface area contributed by atoms with Gasteiger partial charge in [0.25, 0.3) is 0 Å². The minimum atomic E-state index is 0.0282. The highest BCUT2D eigenvalue weighted by Crippen LogP contribution is 2.33. The molecule has 104 valence electrons. The van der Waals surface area contributed by atoms with Crippen LogP contribution in [-0.4, -0.2) is 19.5 Å². The van der Waals surface area contributed by atoms with E-state index in [0.29, 0.717) is 13.0 Å². The summed E-state index contributed by atoms with van der Waals surface area (Å²) in [6, 6.07) is 18.0. The van der Waals surface area contributed by atoms with Crippen molar-refractivity contribution in [1.82, 2.24) is 5.32 Å². The Kier molecular flexibility index (Phi) is 5.65. The molecule has 0 atom stereocenters. The molecule has 2 aromatic rings. The predicted octanol–water partition coefficient (Wildman–Crippen LogP) is 3.39. The topological polar surface area (TPSA) is 41.1 Å². The van der Waals surface area contributed by atoms with Gasteiger partial charge in [-0.15, -0.1) is 0 Å². The van der Waals surface area contributed by atoms with E-state index in [1.54, 1.807) is 11.8 Å². The maximum absolute atomic E-state index is 11.8. The maximum atomic E-state index is 11.8. The minimum absolute atomic E-state index is 0.0282. The molecule has 2 N–H and O–H groups in total. The Labute approximate surface area is 123 Å². The average Bonchev–Trinajstić information content (AvgIpc) is 2.48. The van der Waals surface area contributed by atoms with Crippen molar-refractivity contribution in [2.45, 2.75) is 16.2 Å². The molecular weight excluding hydrogens is 268 g/mol. The number of nitrogens with one attached hydrogen (secondary N) is 2. The normalized spacial score (nSPS) is 10.2. The Hall–Kier alpha value is -1.78. The Morgan fingerprint density at radius 2 is 1.75 bits per heavy atom. The summed E-state index contributed by atoms with van der Waals surface area (Å²) >= 11 is 1.65. The minimum Gasteiger partial charge on any atom is -0.325 e. The van der Waals surface area contributed by atoms with E-state index in [1.165, 1.54) is 0 Å². The summed E-state index contributed by atoms with van der Waals surface area (Å²) in [6.45, 7) is 0.680. The van der Waals surface area contributed by atoms with Gasteiger partial charge < -0.3 is 10.6 Å². The first kappa shape index (κ1) is 14.6. The summed E-state index contributed by atoms with van der Waals surface area (Å²) in [7, 11) is 1.84. The molecule has 2 aromatic carbocycles. The predicted molar refractivity (Wildman–Crippen MR) is 84.2 cm³/mol. The summed E-state index contributed by atoms with van der Waals surface area (Å²) in [5.74, 6) is 0.0282. The quantitative estimate of drug-likeness (QED) is 0.855. The van der Waals surface area contributed by atoms with E-state index in [9.17, 15) is 4.79 Å². The first-order valence-electron chi connectivity index (χ1n) is 6.56. The van der Waals surface area contributed by atoms with Crippen LogP contribution in [0.4, 0.5) is 5.69 Å². The van der Waals surface area contributed by atoms with Gasteiger partial charge in [-0.1, -0.05) is 42.1 Å². The lowest BCUT2D eigenvalue weighted by molar-refractivity contribution is -0.116. The largest absolute Gasteiger partial charge is 0.325 e. The van der Waals surface area contributed by atoms with Crippen LogP contribution in [0, 0.1) is 0 Å². The van der Waals surface area contributed by atoms with E-state index in [2.05, 4.69) is 22.8 Å². The van der Waals surface area contributed by atoms with Crippen LogP contribution in [0.3, 0.4) is 0 Å². The first-order chi connectivity index (χ1) is 9.79. The number of benzene rings is 2. The van der Waals surface area contributed by atoms with Crippen LogP contribution < -0.4 is 10.6 Å². The van der Waals surface area contributed by atoms with E-state index in [1.807, 2.05) is 49.5 Å². The molecule has 0 unspecified atom stereocenters. The summed E-state index contributed by atoms with van der Waals surface area (Å²) in [4.78, 5) is 14.0. The highest BCUT2D eigenvalue weighted by atomic mass is 32.2. The second-order valence-electron chi connectivity index (χ2n) is 4.31. The van der Waals surface area contributed by atoms with Gasteiger partial charge in [0.15, 0.2) is 0 Å². The zero-order valence-corrected chi connectivity index (χ0v) is 12.2. The molecule has 0 saturated heterocycles. The van der Waals surface area contributed by atoms with Crippen molar-refractivity contribution < 1.29 is 4.79 Å². The third kappa shape index (κ3) is 4.40. The van der Waals surface area contributed by atoms with Crippen LogP contribution in [0.15, 0.2) is 64.4 Å². The third-order valence-electron chi connectivity index (χ3n) is 2.73. The lowest BCUT2D eigenvalue weighted by Crippen LogP contribution is -2.18. The van der Waals surface area contributed by atoms with Gasteiger partial charge >= 0.3 is 0 Å². The van der Waals surface area contributed by atoms with E-state index in [4.69, 9.17) is 0 Å². The molecule has 3 nitrogen and oxygen atoms in total. The molecule has 0 radical (unpaired) electrons. The van der Waals surface area contributed by atoms with E-state index in [0.717, 1.165) is 15.5 Å². The van der Waals surface area contributed by atoms with Crippen molar-refractivity contribution in [3.05, 3.63) is 54.6 Å². The van der Waals surface area contributed by atoms with Gasteiger partial charge in [0.1, 0.15) is 0 Å². The lowest BCUT2D eigenvalue weighted by atomic mass is 10.3. The zero-order valence-electron chi connectivity index (χ0n) is 11.4. The van der Waals surface area contributed by atoms with Gasteiger partial charge in [0, 0.05) is 22.8 Å². The number of carbonyl (C=O) groups is 1. The summed E-state index contributed by atoms with van der Waals surface area (Å²) in [5, 5.41) is 5.94. The first-order valence-corrected chi connectivity index (χ1v) is 7.37. The van der Waals surface area contributed by atoms with Crippen molar-refractivity contribution in [1.29, 1.82) is 0 Å². The van der Waals surface area contributed by atoms with Gasteiger partial charge in [-0.05, 0) is 31.3 Å². The molecule has 4 heteroatoms. The number of carbonyl (C=O) groups excluding carboxylic acids is 1. The molecule has 0 fully saturated rings. The van der Waals surface area contributed by atoms with Crippen LogP contribution in [0.5, 0.6) is 0 Å². The molecular formula is C16H18N2OS. The standard InChI is InChI=1S/C16H18N2OS/c1-17-12-11-16(19)18-14-9-5-6-10-15(14)20-13-7-3-2-4-8-13/h2-10,17H,11-12H2,1H3,(H,18,19). The van der Waals surface area contributed by atoms with Crippen LogP contribution in [0.2, 0.25) is 0 Å². The third-order valence-corrected chi connectivity index (χ3v) is 3.82. The highest BCUT2D eigenvalue weighted by Gasteiger charge is 2.07. The molecule has 20 heavy (non-hydrogen) atoms. The fourth-order valence-corrected chi connectivity index (χ4v) is 2.65. The molecule has 0 aliphatic carbocycles. The second-order valence-corrected chi connectivity index (χ2v) is 5.43. The van der Waals surface area contributed by atoms with E-state index >= 15 is 0 Å². The Morgan fingerprint density at radius 3 is 2.50 bits per heavy atom. The van der Waals surface area contributed by atoms with Gasteiger partial charge in [0.2, 0.25) is 5.91 Å². The van der Waals surface area contributed by atoms with Crippen molar-refractivity contribution >= 4 is 23.4 Å². The van der Waals surface area contributed by atoms with Crippen molar-refractivity contribution in [3.8, 4) is 0 Å². The molecule has 0 bridgehead atoms. The Balaban J connectivity index is 2.08. The van der Waals surface area contributed by atoms with Crippen LogP contribution in [-0.2, 0) is 4.79 Å². The number of para-hydroxylation sites is 1. The van der Waals surface area contributed by atoms with Crippen molar-refractivity contribution in [2.24, 2.45) is 0 Å².